The molecular weight excluding hydrogens is 358 g/mol. The second kappa shape index (κ2) is 8.40. The minimum atomic E-state index is 0.267. The molecule has 0 saturated heterocycles. The van der Waals surface area contributed by atoms with Gasteiger partial charge in [0.05, 0.1) is 17.4 Å². The van der Waals surface area contributed by atoms with Crippen LogP contribution in [-0.4, -0.2) is 19.9 Å². The van der Waals surface area contributed by atoms with Gasteiger partial charge < -0.3 is 5.11 Å². The number of benzene rings is 3. The van der Waals surface area contributed by atoms with Crippen molar-refractivity contribution in [1.29, 1.82) is 0 Å². The summed E-state index contributed by atoms with van der Waals surface area (Å²) in [6, 6.07) is 27.4. The molecular formula is C25H21N3O. The average Bonchev–Trinajstić information content (AvgIpc) is 3.19. The lowest BCUT2D eigenvalue weighted by atomic mass is 10.0. The summed E-state index contributed by atoms with van der Waals surface area (Å²) < 4.78 is 1.82. The second-order valence-electron chi connectivity index (χ2n) is 6.76. The minimum Gasteiger partial charge on any atom is -0.508 e. The molecule has 4 heteroatoms. The Bertz CT molecular complexity index is 1210. The van der Waals surface area contributed by atoms with E-state index >= 15 is 0 Å². The molecule has 0 fully saturated rings. The number of pyridine rings is 1. The molecule has 142 valence electrons. The van der Waals surface area contributed by atoms with Gasteiger partial charge in [0.15, 0.2) is 0 Å². The maximum absolute atomic E-state index is 9.62. The smallest absolute Gasteiger partial charge is 0.116 e. The second-order valence-corrected chi connectivity index (χ2v) is 6.76. The Labute approximate surface area is 169 Å². The van der Waals surface area contributed by atoms with Crippen LogP contribution in [0, 0.1) is 6.92 Å². The van der Waals surface area contributed by atoms with Crippen LogP contribution in [0.25, 0.3) is 27.7 Å². The molecule has 0 bridgehead atoms. The van der Waals surface area contributed by atoms with Crippen molar-refractivity contribution in [1.82, 2.24) is 14.8 Å². The van der Waals surface area contributed by atoms with E-state index in [4.69, 9.17) is 0 Å². The molecule has 0 saturated carbocycles. The van der Waals surface area contributed by atoms with Gasteiger partial charge in [0.2, 0.25) is 0 Å². The summed E-state index contributed by atoms with van der Waals surface area (Å²) in [5.41, 5.74) is 5.21. The average molecular weight is 379 g/mol. The Morgan fingerprint density at radius 1 is 0.793 bits per heavy atom. The summed E-state index contributed by atoms with van der Waals surface area (Å²) in [4.78, 5) is 4.12. The molecule has 5 aromatic rings. The van der Waals surface area contributed by atoms with Crippen molar-refractivity contribution < 1.29 is 5.11 Å². The zero-order valence-corrected chi connectivity index (χ0v) is 16.1. The number of rotatable bonds is 2. The molecule has 1 N–H and O–H groups in total. The van der Waals surface area contributed by atoms with Gasteiger partial charge in [0.25, 0.3) is 0 Å². The van der Waals surface area contributed by atoms with Crippen molar-refractivity contribution in [2.45, 2.75) is 6.92 Å². The maximum Gasteiger partial charge on any atom is 0.116 e. The van der Waals surface area contributed by atoms with E-state index in [1.807, 2.05) is 65.5 Å². The lowest BCUT2D eigenvalue weighted by molar-refractivity contribution is 0.475. The molecule has 4 nitrogen and oxygen atoms in total. The highest BCUT2D eigenvalue weighted by molar-refractivity contribution is 5.84. The van der Waals surface area contributed by atoms with Gasteiger partial charge >= 0.3 is 0 Å². The van der Waals surface area contributed by atoms with Crippen LogP contribution in [0.4, 0.5) is 0 Å². The largest absolute Gasteiger partial charge is 0.508 e. The van der Waals surface area contributed by atoms with Gasteiger partial charge in [-0.15, -0.1) is 0 Å². The summed E-state index contributed by atoms with van der Waals surface area (Å²) in [6.07, 6.45) is 5.51. The number of aryl methyl sites for hydroxylation is 1. The number of nitrogens with zero attached hydrogens (tertiary/aromatic N) is 3. The van der Waals surface area contributed by atoms with Gasteiger partial charge in [-0.05, 0) is 54.4 Å². The Morgan fingerprint density at radius 3 is 2.31 bits per heavy atom. The van der Waals surface area contributed by atoms with Crippen molar-refractivity contribution in [3.05, 3.63) is 109 Å². The molecule has 2 aromatic heterocycles. The first-order valence-electron chi connectivity index (χ1n) is 9.40. The first-order valence-corrected chi connectivity index (χ1v) is 9.40. The maximum atomic E-state index is 9.62. The van der Waals surface area contributed by atoms with Crippen LogP contribution in [0.5, 0.6) is 5.75 Å². The predicted molar refractivity (Wildman–Crippen MR) is 117 cm³/mol. The lowest BCUT2D eigenvalue weighted by Gasteiger charge is -2.01. The zero-order valence-electron chi connectivity index (χ0n) is 16.1. The summed E-state index contributed by atoms with van der Waals surface area (Å²) in [5, 5.41) is 15.2. The third-order valence-corrected chi connectivity index (χ3v) is 4.53. The number of aromatic hydroxyl groups is 1. The molecule has 2 heterocycles. The first kappa shape index (κ1) is 18.4. The highest BCUT2D eigenvalue weighted by Crippen LogP contribution is 2.26. The van der Waals surface area contributed by atoms with Gasteiger partial charge in [0.1, 0.15) is 5.75 Å². The van der Waals surface area contributed by atoms with Gasteiger partial charge in [-0.3, -0.25) is 4.98 Å². The summed E-state index contributed by atoms with van der Waals surface area (Å²) in [6.45, 7) is 2.08. The third kappa shape index (κ3) is 4.50. The van der Waals surface area contributed by atoms with E-state index in [0.717, 1.165) is 27.7 Å². The monoisotopic (exact) mass is 379 g/mol. The normalized spacial score (nSPS) is 10.4. The lowest BCUT2D eigenvalue weighted by Crippen LogP contribution is -1.93. The SMILES string of the molecule is Cc1ccccc1.Oc1cccc(-c2ccc3nn(-c4cccnc4)cc3c2)c1. The molecule has 0 aliphatic rings. The van der Waals surface area contributed by atoms with Crippen LogP contribution < -0.4 is 0 Å². The third-order valence-electron chi connectivity index (χ3n) is 4.53. The van der Waals surface area contributed by atoms with Crippen LogP contribution in [-0.2, 0) is 0 Å². The van der Waals surface area contributed by atoms with Crippen LogP contribution in [0.2, 0.25) is 0 Å². The van der Waals surface area contributed by atoms with Crippen molar-refractivity contribution in [3.8, 4) is 22.6 Å². The molecule has 0 aliphatic carbocycles. The molecule has 3 aromatic carbocycles. The van der Waals surface area contributed by atoms with Gasteiger partial charge in [0, 0.05) is 17.8 Å². The molecule has 0 spiro atoms. The zero-order chi connectivity index (χ0) is 20.1. The van der Waals surface area contributed by atoms with E-state index < -0.39 is 0 Å². The van der Waals surface area contributed by atoms with E-state index in [9.17, 15) is 5.11 Å². The summed E-state index contributed by atoms with van der Waals surface area (Å²) in [7, 11) is 0. The highest BCUT2D eigenvalue weighted by Gasteiger charge is 2.05. The van der Waals surface area contributed by atoms with E-state index in [1.54, 1.807) is 24.5 Å². The number of fused-ring (bicyclic) bond motifs is 1. The topological polar surface area (TPSA) is 50.9 Å². The van der Waals surface area contributed by atoms with E-state index in [0.29, 0.717) is 0 Å². The van der Waals surface area contributed by atoms with Crippen LogP contribution >= 0.6 is 0 Å². The number of phenolic OH excluding ortho intramolecular Hbond substituents is 1. The molecule has 0 unspecified atom stereocenters. The van der Waals surface area contributed by atoms with Crippen molar-refractivity contribution in [2.75, 3.05) is 0 Å². The van der Waals surface area contributed by atoms with Crippen molar-refractivity contribution >= 4 is 10.9 Å². The quantitative estimate of drug-likeness (QED) is 0.422. The predicted octanol–water partition coefficient (Wildman–Crippen LogP) is 5.79. The van der Waals surface area contributed by atoms with Crippen molar-refractivity contribution in [2.24, 2.45) is 0 Å². The standard InChI is InChI=1S/C18H13N3O.C7H8/c22-17-5-1-3-13(10-17)14-6-7-18-15(9-14)12-21(20-18)16-4-2-8-19-11-16;1-7-5-3-2-4-6-7/h1-12,22H;2-6H,1H3. The molecule has 29 heavy (non-hydrogen) atoms. The Kier molecular flexibility index (Phi) is 5.34. The van der Waals surface area contributed by atoms with Gasteiger partial charge in [-0.25, -0.2) is 4.68 Å². The molecule has 5 rings (SSSR count). The Balaban J connectivity index is 0.000000249. The number of hydrogen-bond donors (Lipinski definition) is 1. The number of aromatic nitrogens is 3. The van der Waals surface area contributed by atoms with Crippen LogP contribution in [0.1, 0.15) is 5.56 Å². The summed E-state index contributed by atoms with van der Waals surface area (Å²) >= 11 is 0. The minimum absolute atomic E-state index is 0.267. The Morgan fingerprint density at radius 2 is 1.62 bits per heavy atom. The first-order chi connectivity index (χ1) is 14.2. The fraction of sp³-hybridized carbons (Fsp3) is 0.0400. The fourth-order valence-electron chi connectivity index (χ4n) is 3.05. The highest BCUT2D eigenvalue weighted by atomic mass is 16.3. The van der Waals surface area contributed by atoms with Crippen molar-refractivity contribution in [3.63, 3.8) is 0 Å². The molecule has 0 aliphatic heterocycles. The molecule has 0 radical (unpaired) electrons. The van der Waals surface area contributed by atoms with Crippen LogP contribution in [0.15, 0.2) is 104 Å². The number of hydrogen-bond acceptors (Lipinski definition) is 3. The fourth-order valence-corrected chi connectivity index (χ4v) is 3.05. The number of phenols is 1. The van der Waals surface area contributed by atoms with E-state index in [1.165, 1.54) is 5.56 Å². The van der Waals surface area contributed by atoms with Gasteiger partial charge in [-0.2, -0.15) is 5.10 Å². The van der Waals surface area contributed by atoms with Gasteiger partial charge in [-0.1, -0.05) is 54.1 Å². The summed E-state index contributed by atoms with van der Waals surface area (Å²) in [5.74, 6) is 0.267. The molecule has 0 amide bonds. The van der Waals surface area contributed by atoms with Crippen LogP contribution in [0.3, 0.4) is 0 Å². The Hall–Kier alpha value is -3.92. The van der Waals surface area contributed by atoms with E-state index in [2.05, 4.69) is 35.2 Å². The molecule has 0 atom stereocenters. The van der Waals surface area contributed by atoms with E-state index in [-0.39, 0.29) is 5.75 Å².